The minimum absolute atomic E-state index is 0.0799. The molecule has 0 heterocycles. The first-order chi connectivity index (χ1) is 7.02. The van der Waals surface area contributed by atoms with Crippen LogP contribution in [0.25, 0.3) is 0 Å². The van der Waals surface area contributed by atoms with Gasteiger partial charge in [-0.05, 0) is 12.1 Å². The Labute approximate surface area is 86.3 Å². The van der Waals surface area contributed by atoms with E-state index >= 15 is 0 Å². The fourth-order valence-corrected chi connectivity index (χ4v) is 0.878. The number of phenolic OH excluding ortho intramolecular Hbond substituents is 1. The van der Waals surface area contributed by atoms with Crippen molar-refractivity contribution >= 4 is 17.7 Å². The maximum atomic E-state index is 11.3. The third kappa shape index (κ3) is 2.60. The number of imide groups is 1. The van der Waals surface area contributed by atoms with E-state index in [2.05, 4.69) is 5.32 Å². The Hall–Kier alpha value is -2.24. The molecule has 4 N–H and O–H groups in total. The second kappa shape index (κ2) is 4.32. The van der Waals surface area contributed by atoms with Gasteiger partial charge in [-0.2, -0.15) is 0 Å². The molecule has 0 aliphatic carbocycles. The maximum absolute atomic E-state index is 11.3. The Morgan fingerprint density at radius 3 is 2.53 bits per heavy atom. The highest BCUT2D eigenvalue weighted by Crippen LogP contribution is 2.21. The molecule has 0 aliphatic rings. The number of urea groups is 2. The number of amides is 4. The molecule has 0 aromatic heterocycles. The number of hydrogen-bond donors (Lipinski definition) is 3. The van der Waals surface area contributed by atoms with Crippen LogP contribution in [0.2, 0.25) is 0 Å². The van der Waals surface area contributed by atoms with E-state index < -0.39 is 12.1 Å². The van der Waals surface area contributed by atoms with Crippen molar-refractivity contribution < 1.29 is 14.7 Å². The number of carbonyl (C=O) groups is 2. The lowest BCUT2D eigenvalue weighted by molar-refractivity contribution is 0.208. The van der Waals surface area contributed by atoms with Crippen molar-refractivity contribution in [1.82, 2.24) is 4.90 Å². The predicted octanol–water partition coefficient (Wildman–Crippen LogP) is 0.935. The van der Waals surface area contributed by atoms with Crippen LogP contribution in [0.4, 0.5) is 15.3 Å². The van der Waals surface area contributed by atoms with Gasteiger partial charge in [-0.15, -0.1) is 0 Å². The zero-order valence-electron chi connectivity index (χ0n) is 8.10. The summed E-state index contributed by atoms with van der Waals surface area (Å²) in [6, 6.07) is 4.59. The summed E-state index contributed by atoms with van der Waals surface area (Å²) in [5, 5.41) is 11.7. The van der Waals surface area contributed by atoms with Crippen molar-refractivity contribution in [3.8, 4) is 5.75 Å². The molecule has 0 saturated heterocycles. The van der Waals surface area contributed by atoms with E-state index in [9.17, 15) is 14.7 Å². The molecular formula is C9H11N3O3. The zero-order valence-corrected chi connectivity index (χ0v) is 8.10. The van der Waals surface area contributed by atoms with Crippen molar-refractivity contribution in [3.63, 3.8) is 0 Å². The number of benzene rings is 1. The Morgan fingerprint density at radius 1 is 1.40 bits per heavy atom. The minimum atomic E-state index is -0.872. The van der Waals surface area contributed by atoms with Gasteiger partial charge >= 0.3 is 12.1 Å². The molecule has 0 fully saturated rings. The number of aromatic hydroxyl groups is 1. The van der Waals surface area contributed by atoms with Gasteiger partial charge in [0, 0.05) is 7.05 Å². The number of hydrogen-bond acceptors (Lipinski definition) is 3. The normalized spacial score (nSPS) is 9.40. The lowest BCUT2D eigenvalue weighted by atomic mass is 10.3. The molecule has 0 radical (unpaired) electrons. The SMILES string of the molecule is CN(C(N)=O)C(=O)Nc1ccccc1O. The Balaban J connectivity index is 2.75. The number of nitrogens with zero attached hydrogens (tertiary/aromatic N) is 1. The minimum Gasteiger partial charge on any atom is -0.506 e. The summed E-state index contributed by atoms with van der Waals surface area (Å²) in [6.45, 7) is 0. The smallest absolute Gasteiger partial charge is 0.329 e. The first kappa shape index (κ1) is 10.8. The number of nitrogens with two attached hydrogens (primary N) is 1. The number of nitrogens with one attached hydrogen (secondary N) is 1. The molecular weight excluding hydrogens is 198 g/mol. The van der Waals surface area contributed by atoms with Gasteiger partial charge in [-0.25, -0.2) is 14.5 Å². The Bertz CT molecular complexity index is 392. The van der Waals surface area contributed by atoms with Gasteiger partial charge in [0.15, 0.2) is 0 Å². The second-order valence-electron chi connectivity index (χ2n) is 2.84. The molecule has 0 saturated carbocycles. The fraction of sp³-hybridized carbons (Fsp3) is 0.111. The number of phenols is 1. The topological polar surface area (TPSA) is 95.7 Å². The van der Waals surface area contributed by atoms with E-state index in [0.29, 0.717) is 4.90 Å². The monoisotopic (exact) mass is 209 g/mol. The van der Waals surface area contributed by atoms with Gasteiger partial charge in [0.25, 0.3) is 0 Å². The third-order valence-electron chi connectivity index (χ3n) is 1.78. The van der Waals surface area contributed by atoms with E-state index in [1.807, 2.05) is 0 Å². The van der Waals surface area contributed by atoms with Crippen LogP contribution >= 0.6 is 0 Å². The Kier molecular flexibility index (Phi) is 3.12. The molecule has 4 amide bonds. The summed E-state index contributed by atoms with van der Waals surface area (Å²) in [5.74, 6) is -0.0799. The van der Waals surface area contributed by atoms with Crippen molar-refractivity contribution in [1.29, 1.82) is 0 Å². The van der Waals surface area contributed by atoms with E-state index in [1.54, 1.807) is 12.1 Å². The van der Waals surface area contributed by atoms with Crippen LogP contribution in [0.15, 0.2) is 24.3 Å². The van der Waals surface area contributed by atoms with E-state index in [1.165, 1.54) is 19.2 Å². The number of para-hydroxylation sites is 2. The largest absolute Gasteiger partial charge is 0.506 e. The van der Waals surface area contributed by atoms with Gasteiger partial charge in [-0.1, -0.05) is 12.1 Å². The first-order valence-corrected chi connectivity index (χ1v) is 4.14. The number of rotatable bonds is 1. The molecule has 1 rings (SSSR count). The molecule has 6 nitrogen and oxygen atoms in total. The molecule has 1 aromatic carbocycles. The van der Waals surface area contributed by atoms with Crippen LogP contribution in [0.5, 0.6) is 5.75 Å². The highest BCUT2D eigenvalue weighted by Gasteiger charge is 2.14. The molecule has 0 unspecified atom stereocenters. The van der Waals surface area contributed by atoms with E-state index in [0.717, 1.165) is 0 Å². The van der Waals surface area contributed by atoms with Crippen LogP contribution in [0, 0.1) is 0 Å². The number of carbonyl (C=O) groups excluding carboxylic acids is 2. The van der Waals surface area contributed by atoms with E-state index in [-0.39, 0.29) is 11.4 Å². The van der Waals surface area contributed by atoms with Gasteiger partial charge in [0.05, 0.1) is 5.69 Å². The summed E-state index contributed by atoms with van der Waals surface area (Å²) in [6.07, 6.45) is 0. The van der Waals surface area contributed by atoms with Crippen molar-refractivity contribution in [2.75, 3.05) is 12.4 Å². The quantitative estimate of drug-likeness (QED) is 0.600. The summed E-state index contributed by atoms with van der Waals surface area (Å²) >= 11 is 0. The zero-order chi connectivity index (χ0) is 11.4. The van der Waals surface area contributed by atoms with Crippen LogP contribution in [-0.2, 0) is 0 Å². The molecule has 0 bridgehead atoms. The van der Waals surface area contributed by atoms with Crippen LogP contribution in [0.1, 0.15) is 0 Å². The molecule has 1 aromatic rings. The maximum Gasteiger partial charge on any atom is 0.329 e. The molecule has 6 heteroatoms. The molecule has 0 atom stereocenters. The standard InChI is InChI=1S/C9H11N3O3/c1-12(8(10)14)9(15)11-6-4-2-3-5-7(6)13/h2-5,13H,1H3,(H2,10,14)(H,11,15). The highest BCUT2D eigenvalue weighted by atomic mass is 16.3. The fourth-order valence-electron chi connectivity index (χ4n) is 0.878. The average molecular weight is 209 g/mol. The number of anilines is 1. The van der Waals surface area contributed by atoms with Crippen LogP contribution in [0.3, 0.4) is 0 Å². The van der Waals surface area contributed by atoms with Gasteiger partial charge in [0.2, 0.25) is 0 Å². The van der Waals surface area contributed by atoms with Gasteiger partial charge < -0.3 is 16.2 Å². The van der Waals surface area contributed by atoms with Crippen molar-refractivity contribution in [3.05, 3.63) is 24.3 Å². The Morgan fingerprint density at radius 2 is 2.00 bits per heavy atom. The lowest BCUT2D eigenvalue weighted by Gasteiger charge is -2.13. The van der Waals surface area contributed by atoms with Crippen LogP contribution < -0.4 is 11.1 Å². The van der Waals surface area contributed by atoms with Gasteiger partial charge in [0.1, 0.15) is 5.75 Å². The summed E-state index contributed by atoms with van der Waals surface area (Å²) in [4.78, 5) is 22.7. The summed E-state index contributed by atoms with van der Waals surface area (Å²) in [7, 11) is 1.23. The van der Waals surface area contributed by atoms with Crippen molar-refractivity contribution in [2.45, 2.75) is 0 Å². The molecule has 0 spiro atoms. The second-order valence-corrected chi connectivity index (χ2v) is 2.84. The molecule has 15 heavy (non-hydrogen) atoms. The number of primary amides is 1. The molecule has 0 aliphatic heterocycles. The highest BCUT2D eigenvalue weighted by molar-refractivity contribution is 6.00. The third-order valence-corrected chi connectivity index (χ3v) is 1.78. The average Bonchev–Trinajstić information content (AvgIpc) is 2.20. The predicted molar refractivity (Wildman–Crippen MR) is 54.5 cm³/mol. The lowest BCUT2D eigenvalue weighted by Crippen LogP contribution is -2.40. The first-order valence-electron chi connectivity index (χ1n) is 4.14. The molecule has 80 valence electrons. The van der Waals surface area contributed by atoms with Gasteiger partial charge in [-0.3, -0.25) is 0 Å². The summed E-state index contributed by atoms with van der Waals surface area (Å²) in [5.41, 5.74) is 5.11. The van der Waals surface area contributed by atoms with Crippen molar-refractivity contribution in [2.24, 2.45) is 5.73 Å². The summed E-state index contributed by atoms with van der Waals surface area (Å²) < 4.78 is 0. The van der Waals surface area contributed by atoms with Crippen LogP contribution in [-0.4, -0.2) is 29.1 Å². The van der Waals surface area contributed by atoms with E-state index in [4.69, 9.17) is 5.73 Å².